The Bertz CT molecular complexity index is 466. The van der Waals surface area contributed by atoms with Gasteiger partial charge in [0.25, 0.3) is 0 Å². The minimum absolute atomic E-state index is 0.520. The van der Waals surface area contributed by atoms with Crippen LogP contribution in [0.15, 0.2) is 12.1 Å². The van der Waals surface area contributed by atoms with E-state index in [0.717, 1.165) is 25.3 Å². The van der Waals surface area contributed by atoms with Gasteiger partial charge in [-0.05, 0) is 38.4 Å². The van der Waals surface area contributed by atoms with E-state index in [-0.39, 0.29) is 0 Å². The van der Waals surface area contributed by atoms with E-state index < -0.39 is 0 Å². The first kappa shape index (κ1) is 13.6. The van der Waals surface area contributed by atoms with Crippen molar-refractivity contribution in [1.82, 2.24) is 14.8 Å². The zero-order chi connectivity index (χ0) is 13.4. The van der Waals surface area contributed by atoms with Crippen molar-refractivity contribution in [2.75, 3.05) is 19.6 Å². The highest BCUT2D eigenvalue weighted by Crippen LogP contribution is 2.27. The fraction of sp³-hybridized carbons (Fsp3) is 0.643. The highest BCUT2D eigenvalue weighted by molar-refractivity contribution is 6.32. The first-order chi connectivity index (χ1) is 9.13. The van der Waals surface area contributed by atoms with Gasteiger partial charge in [0.15, 0.2) is 0 Å². The van der Waals surface area contributed by atoms with E-state index in [1.54, 1.807) is 6.07 Å². The van der Waals surface area contributed by atoms with Gasteiger partial charge in [0, 0.05) is 31.7 Å². The Labute approximate surface area is 124 Å². The van der Waals surface area contributed by atoms with Crippen molar-refractivity contribution >= 4 is 23.2 Å². The summed E-state index contributed by atoms with van der Waals surface area (Å²) in [6, 6.07) is 4.84. The molecule has 0 bridgehead atoms. The Morgan fingerprint density at radius 2 is 2.16 bits per heavy atom. The molecule has 2 aliphatic heterocycles. The molecule has 2 aliphatic rings. The van der Waals surface area contributed by atoms with Crippen LogP contribution in [0, 0.1) is 0 Å². The second-order valence-corrected chi connectivity index (χ2v) is 6.43. The molecule has 2 atom stereocenters. The Hall–Kier alpha value is -0.350. The quantitative estimate of drug-likeness (QED) is 0.783. The monoisotopic (exact) mass is 299 g/mol. The van der Waals surface area contributed by atoms with Crippen LogP contribution in [-0.4, -0.2) is 46.5 Å². The van der Waals surface area contributed by atoms with Crippen molar-refractivity contribution in [3.8, 4) is 0 Å². The molecular weight excluding hydrogens is 281 g/mol. The van der Waals surface area contributed by atoms with Gasteiger partial charge in [0.1, 0.15) is 5.15 Å². The maximum absolute atomic E-state index is 6.22. The van der Waals surface area contributed by atoms with Gasteiger partial charge in [-0.25, -0.2) is 4.98 Å². The van der Waals surface area contributed by atoms with Crippen molar-refractivity contribution in [1.29, 1.82) is 0 Å². The second-order valence-electron chi connectivity index (χ2n) is 5.63. The van der Waals surface area contributed by atoms with Crippen molar-refractivity contribution in [2.24, 2.45) is 0 Å². The largest absolute Gasteiger partial charge is 0.298 e. The molecule has 3 rings (SSSR count). The first-order valence-corrected chi connectivity index (χ1v) is 7.68. The molecule has 3 heterocycles. The molecule has 0 aliphatic carbocycles. The molecule has 1 aromatic heterocycles. The Morgan fingerprint density at radius 3 is 3.00 bits per heavy atom. The van der Waals surface area contributed by atoms with Crippen LogP contribution in [0.25, 0.3) is 0 Å². The van der Waals surface area contributed by atoms with Gasteiger partial charge in [-0.3, -0.25) is 9.80 Å². The summed E-state index contributed by atoms with van der Waals surface area (Å²) in [7, 11) is 0. The van der Waals surface area contributed by atoms with Crippen molar-refractivity contribution in [2.45, 2.75) is 38.4 Å². The Morgan fingerprint density at radius 1 is 1.32 bits per heavy atom. The smallest absolute Gasteiger partial charge is 0.129 e. The lowest BCUT2D eigenvalue weighted by Gasteiger charge is -2.42. The van der Waals surface area contributed by atoms with Crippen LogP contribution in [0.1, 0.15) is 25.5 Å². The minimum Gasteiger partial charge on any atom is -0.298 e. The molecular formula is C14H19Cl2N3. The zero-order valence-corrected chi connectivity index (χ0v) is 12.7. The summed E-state index contributed by atoms with van der Waals surface area (Å²) in [6.45, 7) is 6.62. The minimum atomic E-state index is 0.520. The van der Waals surface area contributed by atoms with Crippen LogP contribution in [0.5, 0.6) is 0 Å². The molecule has 0 spiro atoms. The summed E-state index contributed by atoms with van der Waals surface area (Å²) in [6.07, 6.45) is 2.65. The van der Waals surface area contributed by atoms with Crippen molar-refractivity contribution < 1.29 is 0 Å². The third-order valence-electron chi connectivity index (χ3n) is 4.30. The van der Waals surface area contributed by atoms with E-state index in [2.05, 4.69) is 21.7 Å². The molecule has 2 unspecified atom stereocenters. The fourth-order valence-corrected chi connectivity index (χ4v) is 3.56. The highest BCUT2D eigenvalue weighted by Gasteiger charge is 2.34. The molecule has 0 amide bonds. The Balaban J connectivity index is 1.73. The SMILES string of the molecule is CC1CN2CCCC2CN1Cc1nc(Cl)ccc1Cl. The zero-order valence-electron chi connectivity index (χ0n) is 11.1. The third-order valence-corrected chi connectivity index (χ3v) is 4.86. The lowest BCUT2D eigenvalue weighted by molar-refractivity contribution is 0.0532. The summed E-state index contributed by atoms with van der Waals surface area (Å²) < 4.78 is 0. The summed E-state index contributed by atoms with van der Waals surface area (Å²) >= 11 is 12.2. The van der Waals surface area contributed by atoms with Crippen LogP contribution in [-0.2, 0) is 6.54 Å². The van der Waals surface area contributed by atoms with Crippen LogP contribution in [0.3, 0.4) is 0 Å². The molecule has 0 aromatic carbocycles. The van der Waals surface area contributed by atoms with E-state index in [4.69, 9.17) is 23.2 Å². The summed E-state index contributed by atoms with van der Waals surface area (Å²) in [4.78, 5) is 9.47. The second kappa shape index (κ2) is 5.57. The van der Waals surface area contributed by atoms with Gasteiger partial charge in [-0.15, -0.1) is 0 Å². The molecule has 1 aromatic rings. The van der Waals surface area contributed by atoms with Gasteiger partial charge in [-0.2, -0.15) is 0 Å². The number of halogens is 2. The lowest BCUT2D eigenvalue weighted by atomic mass is 10.1. The average molecular weight is 300 g/mol. The van der Waals surface area contributed by atoms with Crippen molar-refractivity contribution in [3.63, 3.8) is 0 Å². The normalized spacial score (nSPS) is 28.6. The van der Waals surface area contributed by atoms with Crippen molar-refractivity contribution in [3.05, 3.63) is 28.0 Å². The van der Waals surface area contributed by atoms with Crippen LogP contribution >= 0.6 is 23.2 Å². The molecule has 0 saturated carbocycles. The van der Waals surface area contributed by atoms with E-state index in [0.29, 0.717) is 22.3 Å². The standard InChI is InChI=1S/C14H19Cl2N3/c1-10-7-18-6-2-3-11(18)8-19(10)9-13-12(15)4-5-14(16)17-13/h4-5,10-11H,2-3,6-9H2,1H3. The Kier molecular flexibility index (Phi) is 3.99. The number of pyridine rings is 1. The molecule has 3 nitrogen and oxygen atoms in total. The van der Waals surface area contributed by atoms with E-state index >= 15 is 0 Å². The molecule has 0 N–H and O–H groups in total. The van der Waals surface area contributed by atoms with E-state index in [9.17, 15) is 0 Å². The molecule has 2 fully saturated rings. The van der Waals surface area contributed by atoms with E-state index in [1.165, 1.54) is 19.4 Å². The molecule has 0 radical (unpaired) electrons. The molecule has 104 valence electrons. The van der Waals surface area contributed by atoms with E-state index in [1.807, 2.05) is 6.07 Å². The molecule has 19 heavy (non-hydrogen) atoms. The lowest BCUT2D eigenvalue weighted by Crippen LogP contribution is -2.54. The van der Waals surface area contributed by atoms with Gasteiger partial charge in [0.2, 0.25) is 0 Å². The number of piperazine rings is 1. The molecule has 5 heteroatoms. The first-order valence-electron chi connectivity index (χ1n) is 6.92. The van der Waals surface area contributed by atoms with Crippen LogP contribution in [0.2, 0.25) is 10.2 Å². The average Bonchev–Trinajstić information content (AvgIpc) is 2.81. The topological polar surface area (TPSA) is 19.4 Å². The number of fused-ring (bicyclic) bond motifs is 1. The number of aromatic nitrogens is 1. The fourth-order valence-electron chi connectivity index (χ4n) is 3.23. The number of rotatable bonds is 2. The van der Waals surface area contributed by atoms with Crippen LogP contribution < -0.4 is 0 Å². The van der Waals surface area contributed by atoms with Gasteiger partial charge >= 0.3 is 0 Å². The predicted octanol–water partition coefficient (Wildman–Crippen LogP) is 3.06. The summed E-state index contributed by atoms with van der Waals surface area (Å²) in [5.74, 6) is 0. The third kappa shape index (κ3) is 2.89. The van der Waals surface area contributed by atoms with Gasteiger partial charge < -0.3 is 0 Å². The number of nitrogens with zero attached hydrogens (tertiary/aromatic N) is 3. The van der Waals surface area contributed by atoms with Crippen LogP contribution in [0.4, 0.5) is 0 Å². The maximum Gasteiger partial charge on any atom is 0.129 e. The molecule has 2 saturated heterocycles. The van der Waals surface area contributed by atoms with Gasteiger partial charge in [-0.1, -0.05) is 23.2 Å². The van der Waals surface area contributed by atoms with Gasteiger partial charge in [0.05, 0.1) is 10.7 Å². The highest BCUT2D eigenvalue weighted by atomic mass is 35.5. The maximum atomic E-state index is 6.22. The number of hydrogen-bond donors (Lipinski definition) is 0. The number of hydrogen-bond acceptors (Lipinski definition) is 3. The summed E-state index contributed by atoms with van der Waals surface area (Å²) in [5, 5.41) is 1.23. The predicted molar refractivity (Wildman–Crippen MR) is 78.7 cm³/mol. The summed E-state index contributed by atoms with van der Waals surface area (Å²) in [5.41, 5.74) is 0.896.